The molecule has 0 radical (unpaired) electrons. The summed E-state index contributed by atoms with van der Waals surface area (Å²) in [4.78, 5) is 9.60. The molecule has 0 aliphatic rings. The van der Waals surface area contributed by atoms with Gasteiger partial charge in [-0.2, -0.15) is 17.0 Å². The van der Waals surface area contributed by atoms with Crippen molar-refractivity contribution < 1.29 is 9.31 Å². The number of nitro benzene ring substituents is 1. The SMILES string of the molecule is CC(S)c1ccc(F)c([N+](=O)[O-])c1. The smallest absolute Gasteiger partial charge is 0.258 e. The number of hydrogen-bond acceptors (Lipinski definition) is 3. The first-order valence-corrected chi connectivity index (χ1v) is 4.16. The summed E-state index contributed by atoms with van der Waals surface area (Å²) in [5.41, 5.74) is 0.134. The van der Waals surface area contributed by atoms with E-state index >= 15 is 0 Å². The minimum Gasteiger partial charge on any atom is -0.258 e. The molecule has 1 atom stereocenters. The summed E-state index contributed by atoms with van der Waals surface area (Å²) < 4.78 is 12.8. The second kappa shape index (κ2) is 3.74. The molecule has 5 heteroatoms. The van der Waals surface area contributed by atoms with E-state index in [9.17, 15) is 14.5 Å². The number of benzene rings is 1. The molecule has 1 aromatic rings. The van der Waals surface area contributed by atoms with Gasteiger partial charge in [-0.3, -0.25) is 10.1 Å². The Morgan fingerprint density at radius 2 is 2.23 bits per heavy atom. The van der Waals surface area contributed by atoms with E-state index in [0.717, 1.165) is 6.07 Å². The third-order valence-corrected chi connectivity index (χ3v) is 1.95. The summed E-state index contributed by atoms with van der Waals surface area (Å²) in [5.74, 6) is -0.817. The van der Waals surface area contributed by atoms with Crippen molar-refractivity contribution in [1.82, 2.24) is 0 Å². The van der Waals surface area contributed by atoms with Crippen molar-refractivity contribution in [2.75, 3.05) is 0 Å². The molecule has 0 saturated heterocycles. The topological polar surface area (TPSA) is 43.1 Å². The Labute approximate surface area is 80.1 Å². The number of halogens is 1. The second-order valence-electron chi connectivity index (χ2n) is 2.64. The van der Waals surface area contributed by atoms with Crippen molar-refractivity contribution in [3.8, 4) is 0 Å². The number of rotatable bonds is 2. The largest absolute Gasteiger partial charge is 0.305 e. The zero-order chi connectivity index (χ0) is 10.0. The Morgan fingerprint density at radius 1 is 1.62 bits per heavy atom. The molecule has 0 aliphatic heterocycles. The molecule has 0 amide bonds. The first-order chi connectivity index (χ1) is 6.02. The van der Waals surface area contributed by atoms with Gasteiger partial charge in [0, 0.05) is 11.3 Å². The van der Waals surface area contributed by atoms with Gasteiger partial charge in [-0.1, -0.05) is 6.07 Å². The maximum Gasteiger partial charge on any atom is 0.305 e. The van der Waals surface area contributed by atoms with Crippen LogP contribution < -0.4 is 0 Å². The fourth-order valence-electron chi connectivity index (χ4n) is 0.929. The van der Waals surface area contributed by atoms with Crippen molar-refractivity contribution in [1.29, 1.82) is 0 Å². The van der Waals surface area contributed by atoms with Gasteiger partial charge in [0.25, 0.3) is 0 Å². The Morgan fingerprint density at radius 3 is 2.69 bits per heavy atom. The average molecular weight is 201 g/mol. The zero-order valence-electron chi connectivity index (χ0n) is 6.90. The fraction of sp³-hybridized carbons (Fsp3) is 0.250. The molecule has 0 heterocycles. The lowest BCUT2D eigenvalue weighted by Crippen LogP contribution is -1.94. The molecular weight excluding hydrogens is 193 g/mol. The molecule has 1 aromatic carbocycles. The zero-order valence-corrected chi connectivity index (χ0v) is 7.79. The van der Waals surface area contributed by atoms with Crippen molar-refractivity contribution in [2.24, 2.45) is 0 Å². The maximum absolute atomic E-state index is 12.8. The Bertz CT molecular complexity index is 341. The van der Waals surface area contributed by atoms with Crippen molar-refractivity contribution >= 4 is 18.3 Å². The molecule has 0 aromatic heterocycles. The number of nitro groups is 1. The molecule has 0 fully saturated rings. The Kier molecular flexibility index (Phi) is 2.87. The van der Waals surface area contributed by atoms with Gasteiger partial charge in [-0.05, 0) is 18.6 Å². The van der Waals surface area contributed by atoms with Gasteiger partial charge in [-0.15, -0.1) is 0 Å². The number of nitrogens with zero attached hydrogens (tertiary/aromatic N) is 1. The molecule has 3 nitrogen and oxygen atoms in total. The minimum absolute atomic E-state index is 0.140. The predicted octanol–water partition coefficient (Wildman–Crippen LogP) is 2.72. The van der Waals surface area contributed by atoms with Gasteiger partial charge in [0.15, 0.2) is 0 Å². The normalized spacial score (nSPS) is 12.5. The van der Waals surface area contributed by atoms with E-state index in [1.165, 1.54) is 12.1 Å². The summed E-state index contributed by atoms with van der Waals surface area (Å²) in [6.07, 6.45) is 0. The van der Waals surface area contributed by atoms with Crippen LogP contribution in [0, 0.1) is 15.9 Å². The van der Waals surface area contributed by atoms with Crippen LogP contribution in [-0.4, -0.2) is 4.92 Å². The predicted molar refractivity (Wildman–Crippen MR) is 50.5 cm³/mol. The third kappa shape index (κ3) is 2.18. The molecule has 0 spiro atoms. The minimum atomic E-state index is -0.817. The van der Waals surface area contributed by atoms with Crippen LogP contribution in [0.4, 0.5) is 10.1 Å². The van der Waals surface area contributed by atoms with E-state index < -0.39 is 16.4 Å². The summed E-state index contributed by atoms with van der Waals surface area (Å²) in [5, 5.41) is 10.2. The quantitative estimate of drug-likeness (QED) is 0.454. The molecule has 70 valence electrons. The second-order valence-corrected chi connectivity index (χ2v) is 3.42. The molecular formula is C8H8FNO2S. The summed E-state index contributed by atoms with van der Waals surface area (Å²) in [6.45, 7) is 1.76. The summed E-state index contributed by atoms with van der Waals surface area (Å²) >= 11 is 4.09. The van der Waals surface area contributed by atoms with Crippen LogP contribution in [0.5, 0.6) is 0 Å². The van der Waals surface area contributed by atoms with E-state index in [1.807, 2.05) is 0 Å². The van der Waals surface area contributed by atoms with Crippen molar-refractivity contribution in [3.63, 3.8) is 0 Å². The average Bonchev–Trinajstić information content (AvgIpc) is 2.04. The van der Waals surface area contributed by atoms with Gasteiger partial charge in [0.2, 0.25) is 5.82 Å². The number of thiol groups is 1. The molecule has 0 saturated carbocycles. The highest BCUT2D eigenvalue weighted by atomic mass is 32.1. The van der Waals surface area contributed by atoms with Gasteiger partial charge in [-0.25, -0.2) is 0 Å². The molecule has 0 bridgehead atoms. The van der Waals surface area contributed by atoms with E-state index in [-0.39, 0.29) is 5.25 Å². The molecule has 1 rings (SSSR count). The lowest BCUT2D eigenvalue weighted by Gasteiger charge is -2.03. The van der Waals surface area contributed by atoms with E-state index in [2.05, 4.69) is 12.6 Å². The number of hydrogen-bond donors (Lipinski definition) is 1. The van der Waals surface area contributed by atoms with E-state index in [4.69, 9.17) is 0 Å². The Balaban J connectivity index is 3.19. The highest BCUT2D eigenvalue weighted by Gasteiger charge is 2.15. The van der Waals surface area contributed by atoms with Crippen molar-refractivity contribution in [2.45, 2.75) is 12.2 Å². The van der Waals surface area contributed by atoms with Crippen LogP contribution in [0.15, 0.2) is 18.2 Å². The first kappa shape index (κ1) is 9.98. The summed E-state index contributed by atoms with van der Waals surface area (Å²) in [7, 11) is 0. The monoisotopic (exact) mass is 201 g/mol. The van der Waals surface area contributed by atoms with E-state index in [0.29, 0.717) is 5.56 Å². The van der Waals surface area contributed by atoms with Crippen LogP contribution in [0.3, 0.4) is 0 Å². The molecule has 13 heavy (non-hydrogen) atoms. The van der Waals surface area contributed by atoms with E-state index in [1.54, 1.807) is 6.92 Å². The lowest BCUT2D eigenvalue weighted by atomic mass is 10.1. The molecule has 1 unspecified atom stereocenters. The molecule has 0 N–H and O–H groups in total. The third-order valence-electron chi connectivity index (χ3n) is 1.65. The van der Waals surface area contributed by atoms with Crippen molar-refractivity contribution in [3.05, 3.63) is 39.7 Å². The van der Waals surface area contributed by atoms with Crippen LogP contribution in [0.2, 0.25) is 0 Å². The maximum atomic E-state index is 12.8. The van der Waals surface area contributed by atoms with Crippen LogP contribution >= 0.6 is 12.6 Å². The highest BCUT2D eigenvalue weighted by molar-refractivity contribution is 7.80. The standard InChI is InChI=1S/C8H8FNO2S/c1-5(13)6-2-3-7(9)8(4-6)10(11)12/h2-5,13H,1H3. The van der Waals surface area contributed by atoms with Gasteiger partial charge in [0.1, 0.15) is 0 Å². The fourth-order valence-corrected chi connectivity index (χ4v) is 1.09. The van der Waals surface area contributed by atoms with Gasteiger partial charge < -0.3 is 0 Å². The van der Waals surface area contributed by atoms with Crippen LogP contribution in [-0.2, 0) is 0 Å². The first-order valence-electron chi connectivity index (χ1n) is 3.64. The highest BCUT2D eigenvalue weighted by Crippen LogP contribution is 2.25. The lowest BCUT2D eigenvalue weighted by molar-refractivity contribution is -0.387. The van der Waals surface area contributed by atoms with Gasteiger partial charge >= 0.3 is 5.69 Å². The van der Waals surface area contributed by atoms with Crippen LogP contribution in [0.1, 0.15) is 17.7 Å². The Hall–Kier alpha value is -1.10. The van der Waals surface area contributed by atoms with Gasteiger partial charge in [0.05, 0.1) is 4.92 Å². The summed E-state index contributed by atoms with van der Waals surface area (Å²) in [6, 6.07) is 3.77. The molecule has 0 aliphatic carbocycles. The van der Waals surface area contributed by atoms with Crippen LogP contribution in [0.25, 0.3) is 0 Å².